The van der Waals surface area contributed by atoms with Crippen molar-refractivity contribution in [1.29, 1.82) is 0 Å². The Morgan fingerprint density at radius 1 is 1.17 bits per heavy atom. The van der Waals surface area contributed by atoms with E-state index in [0.717, 1.165) is 30.6 Å². The molecule has 0 spiro atoms. The molecule has 0 saturated carbocycles. The fourth-order valence-corrected chi connectivity index (χ4v) is 2.75. The van der Waals surface area contributed by atoms with E-state index in [9.17, 15) is 4.79 Å². The van der Waals surface area contributed by atoms with Crippen molar-refractivity contribution in [1.82, 2.24) is 15.6 Å². The number of benzene rings is 1. The molecule has 2 heterocycles. The predicted molar refractivity (Wildman–Crippen MR) is 88.0 cm³/mol. The largest absolute Gasteiger partial charge is 0.376 e. The van der Waals surface area contributed by atoms with Crippen LogP contribution in [0.2, 0.25) is 0 Å². The van der Waals surface area contributed by atoms with Crippen LogP contribution >= 0.6 is 0 Å². The summed E-state index contributed by atoms with van der Waals surface area (Å²) in [7, 11) is 0. The van der Waals surface area contributed by atoms with Crippen LogP contribution in [0.3, 0.4) is 0 Å². The third kappa shape index (κ3) is 4.29. The summed E-state index contributed by atoms with van der Waals surface area (Å²) in [5.74, 6) is 0. The second-order valence-electron chi connectivity index (χ2n) is 5.61. The first-order chi connectivity index (χ1) is 11.3. The van der Waals surface area contributed by atoms with Gasteiger partial charge >= 0.3 is 6.03 Å². The van der Waals surface area contributed by atoms with Gasteiger partial charge < -0.3 is 15.4 Å². The Hall–Kier alpha value is -2.40. The van der Waals surface area contributed by atoms with Crippen LogP contribution in [-0.2, 0) is 4.74 Å². The first-order valence-electron chi connectivity index (χ1n) is 7.94. The van der Waals surface area contributed by atoms with Crippen LogP contribution in [0.1, 0.15) is 30.0 Å². The molecule has 120 valence electrons. The number of hydrogen-bond donors (Lipinski definition) is 2. The summed E-state index contributed by atoms with van der Waals surface area (Å²) in [6.07, 6.45) is 5.68. The lowest BCUT2D eigenvalue weighted by atomic mass is 10.00. The minimum atomic E-state index is -0.205. The number of carbonyl (C=O) groups is 1. The van der Waals surface area contributed by atoms with Crippen LogP contribution in [0.15, 0.2) is 54.9 Å². The van der Waals surface area contributed by atoms with Gasteiger partial charge in [0.15, 0.2) is 0 Å². The minimum Gasteiger partial charge on any atom is -0.376 e. The number of nitrogens with zero attached hydrogens (tertiary/aromatic N) is 1. The Morgan fingerprint density at radius 2 is 1.91 bits per heavy atom. The van der Waals surface area contributed by atoms with E-state index in [1.807, 2.05) is 42.5 Å². The van der Waals surface area contributed by atoms with E-state index in [2.05, 4.69) is 15.6 Å². The van der Waals surface area contributed by atoms with Crippen molar-refractivity contribution < 1.29 is 9.53 Å². The summed E-state index contributed by atoms with van der Waals surface area (Å²) in [5.41, 5.74) is 2.03. The fraction of sp³-hybridized carbons (Fsp3) is 0.333. The molecule has 1 aromatic carbocycles. The Morgan fingerprint density at radius 3 is 2.61 bits per heavy atom. The summed E-state index contributed by atoms with van der Waals surface area (Å²) in [6, 6.07) is 13.3. The third-order valence-corrected chi connectivity index (χ3v) is 3.96. The highest BCUT2D eigenvalue weighted by atomic mass is 16.5. The van der Waals surface area contributed by atoms with Crippen molar-refractivity contribution in [3.63, 3.8) is 0 Å². The molecule has 1 fully saturated rings. The number of aromatic nitrogens is 1. The van der Waals surface area contributed by atoms with E-state index in [0.29, 0.717) is 6.54 Å². The van der Waals surface area contributed by atoms with Crippen molar-refractivity contribution in [2.75, 3.05) is 13.2 Å². The molecule has 2 amide bonds. The minimum absolute atomic E-state index is 0.136. The number of nitrogens with one attached hydrogen (secondary N) is 2. The van der Waals surface area contributed by atoms with Crippen LogP contribution in [0.25, 0.3) is 0 Å². The van der Waals surface area contributed by atoms with Gasteiger partial charge in [-0.15, -0.1) is 0 Å². The lowest BCUT2D eigenvalue weighted by Gasteiger charge is -2.20. The van der Waals surface area contributed by atoms with Crippen molar-refractivity contribution in [3.05, 3.63) is 66.0 Å². The second kappa shape index (κ2) is 7.74. The first-order valence-corrected chi connectivity index (χ1v) is 7.94. The maximum Gasteiger partial charge on any atom is 0.315 e. The van der Waals surface area contributed by atoms with Crippen molar-refractivity contribution in [2.45, 2.75) is 25.0 Å². The number of ether oxygens (including phenoxy) is 1. The van der Waals surface area contributed by atoms with Gasteiger partial charge in [-0.05, 0) is 36.1 Å². The number of carbonyl (C=O) groups excluding carboxylic acids is 1. The van der Waals surface area contributed by atoms with Crippen molar-refractivity contribution in [2.24, 2.45) is 0 Å². The van der Waals surface area contributed by atoms with Gasteiger partial charge in [0.05, 0.1) is 12.1 Å². The number of amides is 2. The molecule has 2 aromatic rings. The lowest BCUT2D eigenvalue weighted by Crippen LogP contribution is -2.41. The van der Waals surface area contributed by atoms with E-state index < -0.39 is 0 Å². The Bertz CT molecular complexity index is 573. The molecule has 0 radical (unpaired) electrons. The number of pyridine rings is 1. The number of hydrogen-bond acceptors (Lipinski definition) is 3. The highest BCUT2D eigenvalue weighted by molar-refractivity contribution is 5.75. The smallest absolute Gasteiger partial charge is 0.315 e. The molecular weight excluding hydrogens is 290 g/mol. The van der Waals surface area contributed by atoms with Crippen LogP contribution in [0.4, 0.5) is 4.79 Å². The molecule has 2 N–H and O–H groups in total. The summed E-state index contributed by atoms with van der Waals surface area (Å²) < 4.78 is 5.53. The zero-order valence-electron chi connectivity index (χ0n) is 12.9. The van der Waals surface area contributed by atoms with Crippen molar-refractivity contribution >= 4 is 6.03 Å². The zero-order valence-corrected chi connectivity index (χ0v) is 12.9. The van der Waals surface area contributed by atoms with Crippen LogP contribution in [0.5, 0.6) is 0 Å². The average Bonchev–Trinajstić information content (AvgIpc) is 3.13. The molecule has 1 aliphatic rings. The molecule has 5 heteroatoms. The zero-order chi connectivity index (χ0) is 15.9. The number of urea groups is 1. The van der Waals surface area contributed by atoms with Crippen LogP contribution in [-0.4, -0.2) is 30.3 Å². The standard InChI is InChI=1S/C18H21N3O2/c22-18(20-13-16-7-4-12-23-16)21-17(14-5-2-1-3-6-14)15-8-10-19-11-9-15/h1-3,5-6,8-11,16-17H,4,7,12-13H2,(H2,20,21,22). The highest BCUT2D eigenvalue weighted by Gasteiger charge is 2.19. The summed E-state index contributed by atoms with van der Waals surface area (Å²) in [6.45, 7) is 1.33. The fourth-order valence-electron chi connectivity index (χ4n) is 2.75. The topological polar surface area (TPSA) is 63.2 Å². The van der Waals surface area contributed by atoms with Gasteiger partial charge in [0.1, 0.15) is 0 Å². The van der Waals surface area contributed by atoms with E-state index in [1.165, 1.54) is 0 Å². The van der Waals surface area contributed by atoms with E-state index in [1.54, 1.807) is 12.4 Å². The molecule has 2 atom stereocenters. The molecule has 1 aliphatic heterocycles. The van der Waals surface area contributed by atoms with E-state index in [4.69, 9.17) is 4.74 Å². The van der Waals surface area contributed by atoms with Crippen LogP contribution in [0, 0.1) is 0 Å². The monoisotopic (exact) mass is 311 g/mol. The molecule has 1 aromatic heterocycles. The Labute approximate surface area is 136 Å². The molecule has 23 heavy (non-hydrogen) atoms. The number of rotatable bonds is 5. The molecule has 0 aliphatic carbocycles. The van der Waals surface area contributed by atoms with Gasteiger partial charge in [0.2, 0.25) is 0 Å². The summed E-state index contributed by atoms with van der Waals surface area (Å²) in [4.78, 5) is 16.3. The highest BCUT2D eigenvalue weighted by Crippen LogP contribution is 2.21. The molecular formula is C18H21N3O2. The van der Waals surface area contributed by atoms with Gasteiger partial charge in [0, 0.05) is 25.5 Å². The quantitative estimate of drug-likeness (QED) is 0.892. The molecule has 1 saturated heterocycles. The van der Waals surface area contributed by atoms with Gasteiger partial charge in [-0.25, -0.2) is 4.79 Å². The SMILES string of the molecule is O=C(NCC1CCCO1)NC(c1ccccc1)c1ccncc1. The van der Waals surface area contributed by atoms with E-state index >= 15 is 0 Å². The lowest BCUT2D eigenvalue weighted by molar-refractivity contribution is 0.111. The Balaban J connectivity index is 1.67. The van der Waals surface area contributed by atoms with Gasteiger partial charge in [-0.3, -0.25) is 4.98 Å². The van der Waals surface area contributed by atoms with Crippen molar-refractivity contribution in [3.8, 4) is 0 Å². The van der Waals surface area contributed by atoms with Gasteiger partial charge in [0.25, 0.3) is 0 Å². The average molecular weight is 311 g/mol. The molecule has 0 bridgehead atoms. The molecule has 3 rings (SSSR count). The van der Waals surface area contributed by atoms with Gasteiger partial charge in [-0.2, -0.15) is 0 Å². The molecule has 2 unspecified atom stereocenters. The van der Waals surface area contributed by atoms with Gasteiger partial charge in [-0.1, -0.05) is 30.3 Å². The summed E-state index contributed by atoms with van der Waals surface area (Å²) >= 11 is 0. The second-order valence-corrected chi connectivity index (χ2v) is 5.61. The Kier molecular flexibility index (Phi) is 5.21. The molecule has 5 nitrogen and oxygen atoms in total. The third-order valence-electron chi connectivity index (χ3n) is 3.96. The first kappa shape index (κ1) is 15.5. The van der Waals surface area contributed by atoms with E-state index in [-0.39, 0.29) is 18.2 Å². The predicted octanol–water partition coefficient (Wildman–Crippen LogP) is 2.65. The van der Waals surface area contributed by atoms with Crippen LogP contribution < -0.4 is 10.6 Å². The maximum atomic E-state index is 12.3. The maximum absolute atomic E-state index is 12.3. The summed E-state index contributed by atoms with van der Waals surface area (Å²) in [5, 5.41) is 5.94. The normalized spacial score (nSPS) is 18.3.